The van der Waals surface area contributed by atoms with Gasteiger partial charge in [-0.2, -0.15) is 0 Å². The summed E-state index contributed by atoms with van der Waals surface area (Å²) in [4.78, 5) is 0. The number of aryl methyl sites for hydroxylation is 3. The maximum atomic E-state index is 10.3. The predicted molar refractivity (Wildman–Crippen MR) is 65.4 cm³/mol. The summed E-state index contributed by atoms with van der Waals surface area (Å²) >= 11 is 0. The van der Waals surface area contributed by atoms with Gasteiger partial charge in [0.1, 0.15) is 6.10 Å². The van der Waals surface area contributed by atoms with Crippen LogP contribution in [-0.2, 0) is 7.05 Å². The molecule has 1 heterocycles. The van der Waals surface area contributed by atoms with Gasteiger partial charge in [0.2, 0.25) is 0 Å². The van der Waals surface area contributed by atoms with E-state index in [0.717, 1.165) is 16.8 Å². The molecule has 1 aromatic heterocycles. The summed E-state index contributed by atoms with van der Waals surface area (Å²) < 4.78 is 1.95. The Balaban J connectivity index is 2.41. The van der Waals surface area contributed by atoms with Gasteiger partial charge in [-0.15, -0.1) is 0 Å². The minimum Gasteiger partial charge on any atom is -0.382 e. The fraction of sp³-hybridized carbons (Fsp3) is 0.286. The van der Waals surface area contributed by atoms with Crippen molar-refractivity contribution in [3.8, 4) is 0 Å². The third-order valence-corrected chi connectivity index (χ3v) is 2.98. The van der Waals surface area contributed by atoms with Crippen molar-refractivity contribution in [1.29, 1.82) is 0 Å². The number of benzene rings is 1. The van der Waals surface area contributed by atoms with Crippen LogP contribution in [0.15, 0.2) is 36.5 Å². The summed E-state index contributed by atoms with van der Waals surface area (Å²) in [5.74, 6) is 0. The molecule has 0 fully saturated rings. The molecule has 0 saturated heterocycles. The Labute approximate surface area is 96.2 Å². The molecule has 1 aromatic carbocycles. The van der Waals surface area contributed by atoms with Crippen molar-refractivity contribution in [3.05, 3.63) is 58.9 Å². The average Bonchev–Trinajstić information content (AvgIpc) is 2.63. The van der Waals surface area contributed by atoms with Gasteiger partial charge in [-0.25, -0.2) is 0 Å². The molecule has 2 nitrogen and oxygen atoms in total. The van der Waals surface area contributed by atoms with Crippen LogP contribution >= 0.6 is 0 Å². The van der Waals surface area contributed by atoms with Crippen LogP contribution in [0.5, 0.6) is 0 Å². The Bertz CT molecular complexity index is 499. The van der Waals surface area contributed by atoms with Crippen molar-refractivity contribution in [2.24, 2.45) is 7.05 Å². The van der Waals surface area contributed by atoms with Crippen LogP contribution in [-0.4, -0.2) is 9.67 Å². The summed E-state index contributed by atoms with van der Waals surface area (Å²) in [5, 5.41) is 10.3. The van der Waals surface area contributed by atoms with Gasteiger partial charge in [0, 0.05) is 13.2 Å². The maximum absolute atomic E-state index is 10.3. The zero-order valence-corrected chi connectivity index (χ0v) is 9.94. The quantitative estimate of drug-likeness (QED) is 0.818. The lowest BCUT2D eigenvalue weighted by molar-refractivity contribution is 0.211. The van der Waals surface area contributed by atoms with E-state index >= 15 is 0 Å². The highest BCUT2D eigenvalue weighted by Gasteiger charge is 2.14. The molecule has 1 N–H and O–H groups in total. The number of aromatic nitrogens is 1. The first-order valence-electron chi connectivity index (χ1n) is 5.46. The highest BCUT2D eigenvalue weighted by molar-refractivity contribution is 5.36. The van der Waals surface area contributed by atoms with Crippen LogP contribution in [0.25, 0.3) is 0 Å². The Hall–Kier alpha value is -1.54. The topological polar surface area (TPSA) is 25.2 Å². The van der Waals surface area contributed by atoms with Crippen LogP contribution in [0, 0.1) is 13.8 Å². The average molecular weight is 215 g/mol. The number of rotatable bonds is 2. The van der Waals surface area contributed by atoms with Gasteiger partial charge in [0.05, 0.1) is 5.69 Å². The van der Waals surface area contributed by atoms with Crippen molar-refractivity contribution >= 4 is 0 Å². The molecule has 0 aliphatic heterocycles. The van der Waals surface area contributed by atoms with Gasteiger partial charge in [-0.3, -0.25) is 0 Å². The largest absolute Gasteiger partial charge is 0.382 e. The molecule has 16 heavy (non-hydrogen) atoms. The third-order valence-electron chi connectivity index (χ3n) is 2.98. The molecule has 0 saturated carbocycles. The summed E-state index contributed by atoms with van der Waals surface area (Å²) in [7, 11) is 1.95. The van der Waals surface area contributed by atoms with E-state index in [2.05, 4.69) is 13.0 Å². The molecule has 0 radical (unpaired) electrons. The molecule has 2 aromatic rings. The molecule has 1 atom stereocenters. The number of nitrogens with zero attached hydrogens (tertiary/aromatic N) is 1. The van der Waals surface area contributed by atoms with E-state index < -0.39 is 6.10 Å². The van der Waals surface area contributed by atoms with Gasteiger partial charge in [-0.05, 0) is 37.1 Å². The minimum atomic E-state index is -0.541. The molecule has 0 aliphatic rings. The fourth-order valence-corrected chi connectivity index (χ4v) is 2.05. The lowest BCUT2D eigenvalue weighted by atomic mass is 9.99. The maximum Gasteiger partial charge on any atom is 0.119 e. The standard InChI is InChI=1S/C14H17NO/c1-10-6-7-12(11(2)9-10)14(16)13-5-4-8-15(13)3/h4-9,14,16H,1-3H3. The summed E-state index contributed by atoms with van der Waals surface area (Å²) in [6.07, 6.45) is 1.41. The van der Waals surface area contributed by atoms with E-state index in [1.54, 1.807) is 0 Å². The summed E-state index contributed by atoms with van der Waals surface area (Å²) in [6, 6.07) is 10.0. The number of aliphatic hydroxyl groups is 1. The highest BCUT2D eigenvalue weighted by atomic mass is 16.3. The lowest BCUT2D eigenvalue weighted by Crippen LogP contribution is -2.06. The zero-order chi connectivity index (χ0) is 11.7. The SMILES string of the molecule is Cc1ccc(C(O)c2cccn2C)c(C)c1. The van der Waals surface area contributed by atoms with Crippen LogP contribution in [0.2, 0.25) is 0 Å². The predicted octanol–water partition coefficient (Wildman–Crippen LogP) is 2.72. The van der Waals surface area contributed by atoms with Gasteiger partial charge in [0.25, 0.3) is 0 Å². The van der Waals surface area contributed by atoms with Crippen molar-refractivity contribution in [1.82, 2.24) is 4.57 Å². The zero-order valence-electron chi connectivity index (χ0n) is 9.94. The molecule has 2 heteroatoms. The number of aliphatic hydroxyl groups excluding tert-OH is 1. The molecule has 0 aliphatic carbocycles. The van der Waals surface area contributed by atoms with Gasteiger partial charge >= 0.3 is 0 Å². The van der Waals surface area contributed by atoms with Crippen LogP contribution in [0.4, 0.5) is 0 Å². The Morgan fingerprint density at radius 2 is 1.94 bits per heavy atom. The van der Waals surface area contributed by atoms with Crippen LogP contribution in [0.3, 0.4) is 0 Å². The van der Waals surface area contributed by atoms with Crippen molar-refractivity contribution in [3.63, 3.8) is 0 Å². The first-order valence-corrected chi connectivity index (χ1v) is 5.46. The Morgan fingerprint density at radius 3 is 2.50 bits per heavy atom. The second-order valence-electron chi connectivity index (χ2n) is 4.31. The summed E-state index contributed by atoms with van der Waals surface area (Å²) in [5.41, 5.74) is 4.26. The van der Waals surface area contributed by atoms with E-state index in [9.17, 15) is 5.11 Å². The summed E-state index contributed by atoms with van der Waals surface area (Å²) in [6.45, 7) is 4.10. The molecular weight excluding hydrogens is 198 g/mol. The second kappa shape index (κ2) is 4.14. The van der Waals surface area contributed by atoms with Crippen molar-refractivity contribution in [2.75, 3.05) is 0 Å². The third kappa shape index (κ3) is 1.89. The van der Waals surface area contributed by atoms with Crippen molar-refractivity contribution < 1.29 is 5.11 Å². The molecule has 1 unspecified atom stereocenters. The van der Waals surface area contributed by atoms with E-state index in [4.69, 9.17) is 0 Å². The van der Waals surface area contributed by atoms with E-state index in [1.807, 2.05) is 49.0 Å². The number of hydrogen-bond acceptors (Lipinski definition) is 1. The molecular formula is C14H17NO. The normalized spacial score (nSPS) is 12.8. The first-order chi connectivity index (χ1) is 7.59. The van der Waals surface area contributed by atoms with Gasteiger partial charge in [-0.1, -0.05) is 23.8 Å². The lowest BCUT2D eigenvalue weighted by Gasteiger charge is -2.15. The smallest absolute Gasteiger partial charge is 0.119 e. The molecule has 0 bridgehead atoms. The minimum absolute atomic E-state index is 0.541. The molecule has 0 amide bonds. The second-order valence-corrected chi connectivity index (χ2v) is 4.31. The van der Waals surface area contributed by atoms with E-state index in [-0.39, 0.29) is 0 Å². The molecule has 2 rings (SSSR count). The van der Waals surface area contributed by atoms with Gasteiger partial charge < -0.3 is 9.67 Å². The van der Waals surface area contributed by atoms with Crippen LogP contribution in [0.1, 0.15) is 28.5 Å². The Kier molecular flexibility index (Phi) is 2.84. The van der Waals surface area contributed by atoms with Crippen molar-refractivity contribution in [2.45, 2.75) is 20.0 Å². The molecule has 84 valence electrons. The van der Waals surface area contributed by atoms with Gasteiger partial charge in [0.15, 0.2) is 0 Å². The Morgan fingerprint density at radius 1 is 1.19 bits per heavy atom. The fourth-order valence-electron chi connectivity index (χ4n) is 2.05. The first kappa shape index (κ1) is 11.0. The number of hydrogen-bond donors (Lipinski definition) is 1. The van der Waals surface area contributed by atoms with Crippen LogP contribution < -0.4 is 0 Å². The van der Waals surface area contributed by atoms with E-state index in [0.29, 0.717) is 0 Å². The van der Waals surface area contributed by atoms with E-state index in [1.165, 1.54) is 5.56 Å². The highest BCUT2D eigenvalue weighted by Crippen LogP contribution is 2.25. The monoisotopic (exact) mass is 215 g/mol. The molecule has 0 spiro atoms.